The van der Waals surface area contributed by atoms with Gasteiger partial charge in [0.2, 0.25) is 5.91 Å². The predicted molar refractivity (Wildman–Crippen MR) is 120 cm³/mol. The van der Waals surface area contributed by atoms with E-state index in [1.54, 1.807) is 38.5 Å². The number of carbonyl (C=O) groups excluding carboxylic acids is 1. The number of amides is 1. The number of methoxy groups -OCH3 is 2. The van der Waals surface area contributed by atoms with Crippen molar-refractivity contribution in [3.8, 4) is 11.5 Å². The first kappa shape index (κ1) is 22.3. The fourth-order valence-electron chi connectivity index (χ4n) is 3.37. The third kappa shape index (κ3) is 5.83. The van der Waals surface area contributed by atoms with Crippen molar-refractivity contribution in [1.82, 2.24) is 5.32 Å². The summed E-state index contributed by atoms with van der Waals surface area (Å²) in [4.78, 5) is 12.6. The van der Waals surface area contributed by atoms with Crippen molar-refractivity contribution in [2.75, 3.05) is 26.1 Å². The maximum Gasteiger partial charge on any atom is 0.238 e. The molecular weight excluding hydrogens is 395 g/mol. The van der Waals surface area contributed by atoms with Gasteiger partial charge in [0.15, 0.2) is 11.5 Å². The van der Waals surface area contributed by atoms with Crippen LogP contribution in [0.3, 0.4) is 0 Å². The second-order valence-electron chi connectivity index (χ2n) is 7.08. The van der Waals surface area contributed by atoms with Crippen LogP contribution in [0.25, 0.3) is 0 Å². The molecule has 0 saturated heterocycles. The fraction of sp³-hybridized carbons (Fsp3) is 0.240. The number of nitrogens with one attached hydrogen (secondary N) is 2. The zero-order valence-electron chi connectivity index (χ0n) is 17.9. The van der Waals surface area contributed by atoms with Crippen LogP contribution in [0, 0.1) is 5.82 Å². The Hall–Kier alpha value is -3.38. The minimum absolute atomic E-state index is 0.0467. The van der Waals surface area contributed by atoms with Gasteiger partial charge in [-0.3, -0.25) is 10.1 Å². The van der Waals surface area contributed by atoms with Crippen molar-refractivity contribution in [1.29, 1.82) is 0 Å². The topological polar surface area (TPSA) is 59.6 Å². The van der Waals surface area contributed by atoms with Crippen LogP contribution in [0.15, 0.2) is 66.7 Å². The standard InChI is InChI=1S/C25H27FN2O3/c1-4-17-8-10-18(11-9-17)25(19-6-5-7-20(26)14-19)27-16-24(29)28-21-12-13-22(30-2)23(15-21)31-3/h5-15,25,27H,4,16H2,1-3H3,(H,28,29)/t25-/m1/s1. The highest BCUT2D eigenvalue weighted by Gasteiger charge is 2.16. The molecule has 0 heterocycles. The first-order valence-corrected chi connectivity index (χ1v) is 10.1. The highest BCUT2D eigenvalue weighted by atomic mass is 19.1. The molecule has 0 saturated carbocycles. The Bertz CT molecular complexity index is 1020. The number of hydrogen-bond acceptors (Lipinski definition) is 4. The number of hydrogen-bond donors (Lipinski definition) is 2. The van der Waals surface area contributed by atoms with E-state index in [4.69, 9.17) is 9.47 Å². The van der Waals surface area contributed by atoms with Crippen LogP contribution in [0.4, 0.5) is 10.1 Å². The van der Waals surface area contributed by atoms with E-state index in [0.717, 1.165) is 17.5 Å². The number of anilines is 1. The zero-order valence-corrected chi connectivity index (χ0v) is 17.9. The lowest BCUT2D eigenvalue weighted by molar-refractivity contribution is -0.115. The molecule has 0 radical (unpaired) electrons. The Morgan fingerprint density at radius 2 is 1.68 bits per heavy atom. The fourth-order valence-corrected chi connectivity index (χ4v) is 3.37. The number of rotatable bonds is 9. The first-order chi connectivity index (χ1) is 15.0. The Morgan fingerprint density at radius 3 is 2.32 bits per heavy atom. The summed E-state index contributed by atoms with van der Waals surface area (Å²) >= 11 is 0. The molecule has 5 nitrogen and oxygen atoms in total. The summed E-state index contributed by atoms with van der Waals surface area (Å²) in [5.74, 6) is 0.574. The molecule has 0 fully saturated rings. The number of aryl methyl sites for hydroxylation is 1. The van der Waals surface area contributed by atoms with E-state index >= 15 is 0 Å². The van der Waals surface area contributed by atoms with Crippen molar-refractivity contribution >= 4 is 11.6 Å². The molecule has 0 aliphatic carbocycles. The molecule has 162 valence electrons. The van der Waals surface area contributed by atoms with E-state index < -0.39 is 0 Å². The van der Waals surface area contributed by atoms with Gasteiger partial charge in [0, 0.05) is 11.8 Å². The summed E-state index contributed by atoms with van der Waals surface area (Å²) in [7, 11) is 3.10. The van der Waals surface area contributed by atoms with Crippen LogP contribution in [0.1, 0.15) is 29.7 Å². The maximum absolute atomic E-state index is 13.9. The Labute approximate surface area is 182 Å². The molecule has 6 heteroatoms. The molecule has 1 amide bonds. The van der Waals surface area contributed by atoms with Crippen molar-refractivity contribution in [2.24, 2.45) is 0 Å². The normalized spacial score (nSPS) is 11.6. The molecule has 2 N–H and O–H groups in total. The Morgan fingerprint density at radius 1 is 0.935 bits per heavy atom. The van der Waals surface area contributed by atoms with Gasteiger partial charge in [0.25, 0.3) is 0 Å². The molecule has 3 aromatic rings. The van der Waals surface area contributed by atoms with Gasteiger partial charge in [-0.15, -0.1) is 0 Å². The number of benzene rings is 3. The van der Waals surface area contributed by atoms with Crippen LogP contribution < -0.4 is 20.1 Å². The molecule has 0 aromatic heterocycles. The van der Waals surface area contributed by atoms with E-state index in [1.807, 2.05) is 30.3 Å². The maximum atomic E-state index is 13.9. The summed E-state index contributed by atoms with van der Waals surface area (Å²) in [5.41, 5.74) is 3.52. The molecule has 0 aliphatic heterocycles. The highest BCUT2D eigenvalue weighted by molar-refractivity contribution is 5.92. The van der Waals surface area contributed by atoms with E-state index in [9.17, 15) is 9.18 Å². The zero-order chi connectivity index (χ0) is 22.2. The lowest BCUT2D eigenvalue weighted by Crippen LogP contribution is -2.32. The van der Waals surface area contributed by atoms with E-state index in [2.05, 4.69) is 17.6 Å². The molecule has 0 aliphatic rings. The smallest absolute Gasteiger partial charge is 0.238 e. The monoisotopic (exact) mass is 422 g/mol. The summed E-state index contributed by atoms with van der Waals surface area (Å²) in [5, 5.41) is 6.10. The lowest BCUT2D eigenvalue weighted by atomic mass is 9.97. The molecule has 0 unspecified atom stereocenters. The van der Waals surface area contributed by atoms with Gasteiger partial charge in [-0.2, -0.15) is 0 Å². The molecule has 0 bridgehead atoms. The van der Waals surface area contributed by atoms with E-state index in [1.165, 1.54) is 17.7 Å². The van der Waals surface area contributed by atoms with Gasteiger partial charge in [-0.25, -0.2) is 4.39 Å². The van der Waals surface area contributed by atoms with Gasteiger partial charge in [-0.05, 0) is 47.4 Å². The van der Waals surface area contributed by atoms with Crippen LogP contribution >= 0.6 is 0 Å². The van der Waals surface area contributed by atoms with Crippen molar-refractivity contribution in [3.05, 3.63) is 89.2 Å². The van der Waals surface area contributed by atoms with Crippen molar-refractivity contribution in [3.63, 3.8) is 0 Å². The highest BCUT2D eigenvalue weighted by Crippen LogP contribution is 2.29. The SMILES string of the molecule is CCc1ccc([C@@H](NCC(=O)Nc2ccc(OC)c(OC)c2)c2cccc(F)c2)cc1. The molecule has 0 spiro atoms. The number of carbonyl (C=O) groups is 1. The third-order valence-corrected chi connectivity index (χ3v) is 5.04. The summed E-state index contributed by atoms with van der Waals surface area (Å²) in [6, 6.07) is 19.4. The minimum Gasteiger partial charge on any atom is -0.493 e. The van der Waals surface area contributed by atoms with Crippen LogP contribution in [-0.4, -0.2) is 26.7 Å². The average Bonchev–Trinajstić information content (AvgIpc) is 2.79. The third-order valence-electron chi connectivity index (χ3n) is 5.04. The van der Waals surface area contributed by atoms with Gasteiger partial charge in [0.1, 0.15) is 5.82 Å². The Balaban J connectivity index is 1.74. The summed E-state index contributed by atoms with van der Waals surface area (Å²) < 4.78 is 24.3. The van der Waals surface area contributed by atoms with Crippen LogP contribution in [-0.2, 0) is 11.2 Å². The summed E-state index contributed by atoms with van der Waals surface area (Å²) in [6.45, 7) is 2.14. The minimum atomic E-state index is -0.322. The average molecular weight is 423 g/mol. The van der Waals surface area contributed by atoms with Gasteiger partial charge in [0.05, 0.1) is 26.8 Å². The lowest BCUT2D eigenvalue weighted by Gasteiger charge is -2.20. The molecule has 31 heavy (non-hydrogen) atoms. The van der Waals surface area contributed by atoms with Gasteiger partial charge >= 0.3 is 0 Å². The second-order valence-corrected chi connectivity index (χ2v) is 7.08. The molecule has 1 atom stereocenters. The quantitative estimate of drug-likeness (QED) is 0.524. The van der Waals surface area contributed by atoms with Crippen LogP contribution in [0.2, 0.25) is 0 Å². The van der Waals surface area contributed by atoms with Gasteiger partial charge < -0.3 is 14.8 Å². The molecule has 3 rings (SSSR count). The van der Waals surface area contributed by atoms with E-state index in [0.29, 0.717) is 17.2 Å². The second kappa shape index (κ2) is 10.6. The Kier molecular flexibility index (Phi) is 7.62. The largest absolute Gasteiger partial charge is 0.493 e. The van der Waals surface area contributed by atoms with E-state index in [-0.39, 0.29) is 24.3 Å². The van der Waals surface area contributed by atoms with Gasteiger partial charge in [-0.1, -0.05) is 43.3 Å². The van der Waals surface area contributed by atoms with Crippen molar-refractivity contribution < 1.29 is 18.7 Å². The predicted octanol–water partition coefficient (Wildman–Crippen LogP) is 4.72. The molecule has 3 aromatic carbocycles. The molecular formula is C25H27FN2O3. The first-order valence-electron chi connectivity index (χ1n) is 10.1. The summed E-state index contributed by atoms with van der Waals surface area (Å²) in [6.07, 6.45) is 0.937. The number of ether oxygens (including phenoxy) is 2. The number of halogens is 1. The van der Waals surface area contributed by atoms with Crippen LogP contribution in [0.5, 0.6) is 11.5 Å². The van der Waals surface area contributed by atoms with Crippen molar-refractivity contribution in [2.45, 2.75) is 19.4 Å².